The van der Waals surface area contributed by atoms with Crippen LogP contribution in [-0.4, -0.2) is 47.3 Å². The first kappa shape index (κ1) is 15.7. The van der Waals surface area contributed by atoms with Gasteiger partial charge in [0, 0.05) is 25.8 Å². The second-order valence-electron chi connectivity index (χ2n) is 6.28. The van der Waals surface area contributed by atoms with E-state index in [0.717, 1.165) is 49.7 Å². The Kier molecular flexibility index (Phi) is 4.35. The average Bonchev–Trinajstić information content (AvgIpc) is 3.17. The van der Waals surface area contributed by atoms with Crippen molar-refractivity contribution in [3.05, 3.63) is 40.7 Å². The number of ether oxygens (including phenoxy) is 3. The minimum absolute atomic E-state index is 0.141. The molecule has 3 heterocycles. The molecule has 6 nitrogen and oxygen atoms in total. The number of hydrogen-bond donors (Lipinski definition) is 0. The highest BCUT2D eigenvalue weighted by Gasteiger charge is 2.23. The number of hydrogen-bond acceptors (Lipinski definition) is 5. The third-order valence-electron chi connectivity index (χ3n) is 4.27. The van der Waals surface area contributed by atoms with Gasteiger partial charge in [-0.25, -0.2) is 0 Å². The number of halogens is 1. The molecule has 0 unspecified atom stereocenters. The normalized spacial score (nSPS) is 20.5. The van der Waals surface area contributed by atoms with Crippen LogP contribution < -0.4 is 9.47 Å². The summed E-state index contributed by atoms with van der Waals surface area (Å²) in [6, 6.07) is 3.96. The number of fused-ring (bicyclic) bond motifs is 1. The molecule has 0 radical (unpaired) electrons. The van der Waals surface area contributed by atoms with Crippen LogP contribution in [-0.2, 0) is 17.8 Å². The van der Waals surface area contributed by atoms with E-state index in [1.54, 1.807) is 0 Å². The second kappa shape index (κ2) is 6.63. The van der Waals surface area contributed by atoms with Gasteiger partial charge in [-0.05, 0) is 30.2 Å². The lowest BCUT2D eigenvalue weighted by molar-refractivity contribution is -0.0402. The number of benzene rings is 1. The van der Waals surface area contributed by atoms with Crippen LogP contribution in [0.5, 0.6) is 11.5 Å². The van der Waals surface area contributed by atoms with Gasteiger partial charge in [-0.15, -0.1) is 0 Å². The van der Waals surface area contributed by atoms with E-state index in [-0.39, 0.29) is 12.9 Å². The van der Waals surface area contributed by atoms with Crippen molar-refractivity contribution in [1.82, 2.24) is 14.7 Å². The monoisotopic (exact) mass is 349 g/mol. The first-order valence-corrected chi connectivity index (χ1v) is 8.46. The topological polar surface area (TPSA) is 48.8 Å². The molecule has 0 amide bonds. The molecule has 1 aromatic heterocycles. The molecular formula is C17H20ClN3O3. The lowest BCUT2D eigenvalue weighted by Crippen LogP contribution is -2.43. The SMILES string of the molecule is Cc1cnn(C[C@@H]2CN(Cc3cc(Cl)c4c(c3)OCO4)CCO2)c1. The molecular weight excluding hydrogens is 330 g/mol. The Labute approximate surface area is 145 Å². The molecule has 0 N–H and O–H groups in total. The van der Waals surface area contributed by atoms with Gasteiger partial charge < -0.3 is 14.2 Å². The van der Waals surface area contributed by atoms with Gasteiger partial charge in [-0.2, -0.15) is 5.10 Å². The predicted octanol–water partition coefficient (Wildman–Crippen LogP) is 2.47. The molecule has 2 aromatic rings. The molecule has 1 atom stereocenters. The van der Waals surface area contributed by atoms with Crippen molar-refractivity contribution < 1.29 is 14.2 Å². The van der Waals surface area contributed by atoms with E-state index in [2.05, 4.69) is 10.00 Å². The molecule has 7 heteroatoms. The van der Waals surface area contributed by atoms with Crippen LogP contribution in [0.3, 0.4) is 0 Å². The molecule has 1 saturated heterocycles. The van der Waals surface area contributed by atoms with Gasteiger partial charge in [0.1, 0.15) is 0 Å². The molecule has 0 spiro atoms. The summed E-state index contributed by atoms with van der Waals surface area (Å²) in [4.78, 5) is 2.37. The molecule has 1 fully saturated rings. The summed E-state index contributed by atoms with van der Waals surface area (Å²) in [5, 5.41) is 4.95. The van der Waals surface area contributed by atoms with Crippen LogP contribution >= 0.6 is 11.6 Å². The molecule has 128 valence electrons. The highest BCUT2D eigenvalue weighted by molar-refractivity contribution is 6.32. The number of aromatic nitrogens is 2. The molecule has 0 bridgehead atoms. The zero-order chi connectivity index (χ0) is 16.5. The number of rotatable bonds is 4. The van der Waals surface area contributed by atoms with Gasteiger partial charge in [0.25, 0.3) is 0 Å². The van der Waals surface area contributed by atoms with Gasteiger partial charge in [0.15, 0.2) is 11.5 Å². The highest BCUT2D eigenvalue weighted by Crippen LogP contribution is 2.40. The van der Waals surface area contributed by atoms with Gasteiger partial charge in [-0.3, -0.25) is 9.58 Å². The third-order valence-corrected chi connectivity index (χ3v) is 4.55. The summed E-state index contributed by atoms with van der Waals surface area (Å²) >= 11 is 6.27. The van der Waals surface area contributed by atoms with Crippen LogP contribution in [0.15, 0.2) is 24.5 Å². The van der Waals surface area contributed by atoms with Gasteiger partial charge in [0.2, 0.25) is 6.79 Å². The maximum atomic E-state index is 6.27. The molecule has 24 heavy (non-hydrogen) atoms. The molecule has 4 rings (SSSR count). The minimum atomic E-state index is 0.141. The van der Waals surface area contributed by atoms with Crippen LogP contribution in [0, 0.1) is 6.92 Å². The van der Waals surface area contributed by atoms with E-state index < -0.39 is 0 Å². The first-order valence-electron chi connectivity index (χ1n) is 8.08. The Balaban J connectivity index is 1.40. The van der Waals surface area contributed by atoms with E-state index >= 15 is 0 Å². The molecule has 2 aliphatic heterocycles. The smallest absolute Gasteiger partial charge is 0.231 e. The van der Waals surface area contributed by atoms with Crippen LogP contribution in [0.4, 0.5) is 0 Å². The zero-order valence-corrected chi connectivity index (χ0v) is 14.3. The lowest BCUT2D eigenvalue weighted by Gasteiger charge is -2.33. The van der Waals surface area contributed by atoms with E-state index in [0.29, 0.717) is 10.8 Å². The molecule has 0 aliphatic carbocycles. The quantitative estimate of drug-likeness (QED) is 0.848. The largest absolute Gasteiger partial charge is 0.454 e. The number of morpholine rings is 1. The maximum Gasteiger partial charge on any atom is 0.231 e. The summed E-state index contributed by atoms with van der Waals surface area (Å²) in [7, 11) is 0. The predicted molar refractivity (Wildman–Crippen MR) is 89.6 cm³/mol. The Morgan fingerprint density at radius 2 is 2.25 bits per heavy atom. The van der Waals surface area contributed by atoms with Crippen LogP contribution in [0.25, 0.3) is 0 Å². The summed E-state index contributed by atoms with van der Waals surface area (Å²) in [5.74, 6) is 1.38. The molecule has 1 aromatic carbocycles. The first-order chi connectivity index (χ1) is 11.7. The Morgan fingerprint density at radius 3 is 3.08 bits per heavy atom. The fourth-order valence-corrected chi connectivity index (χ4v) is 3.47. The van der Waals surface area contributed by atoms with Crippen molar-refractivity contribution in [2.45, 2.75) is 26.1 Å². The maximum absolute atomic E-state index is 6.27. The number of nitrogens with zero attached hydrogens (tertiary/aromatic N) is 3. The molecule has 2 aliphatic rings. The fraction of sp³-hybridized carbons (Fsp3) is 0.471. The van der Waals surface area contributed by atoms with Gasteiger partial charge in [-0.1, -0.05) is 11.6 Å². The van der Waals surface area contributed by atoms with Crippen molar-refractivity contribution in [2.75, 3.05) is 26.5 Å². The van der Waals surface area contributed by atoms with Crippen molar-refractivity contribution in [1.29, 1.82) is 0 Å². The molecule has 0 saturated carbocycles. The van der Waals surface area contributed by atoms with Crippen molar-refractivity contribution in [3.63, 3.8) is 0 Å². The summed E-state index contributed by atoms with van der Waals surface area (Å²) in [6.45, 7) is 6.36. The van der Waals surface area contributed by atoms with Crippen LogP contribution in [0.1, 0.15) is 11.1 Å². The fourth-order valence-electron chi connectivity index (χ4n) is 3.18. The average molecular weight is 350 g/mol. The summed E-state index contributed by atoms with van der Waals surface area (Å²) in [5.41, 5.74) is 2.29. The van der Waals surface area contributed by atoms with Crippen LogP contribution in [0.2, 0.25) is 5.02 Å². The van der Waals surface area contributed by atoms with E-state index in [1.165, 1.54) is 0 Å². The Bertz CT molecular complexity index is 734. The van der Waals surface area contributed by atoms with Gasteiger partial charge in [0.05, 0.1) is 30.5 Å². The second-order valence-corrected chi connectivity index (χ2v) is 6.69. The van der Waals surface area contributed by atoms with E-state index in [9.17, 15) is 0 Å². The minimum Gasteiger partial charge on any atom is -0.454 e. The third kappa shape index (κ3) is 3.36. The Hall–Kier alpha value is -1.76. The summed E-state index contributed by atoms with van der Waals surface area (Å²) < 4.78 is 18.6. The van der Waals surface area contributed by atoms with Crippen molar-refractivity contribution in [3.8, 4) is 11.5 Å². The van der Waals surface area contributed by atoms with Crippen molar-refractivity contribution >= 4 is 11.6 Å². The summed E-state index contributed by atoms with van der Waals surface area (Å²) in [6.07, 6.45) is 4.05. The van der Waals surface area contributed by atoms with E-state index in [1.807, 2.05) is 36.1 Å². The Morgan fingerprint density at radius 1 is 1.33 bits per heavy atom. The van der Waals surface area contributed by atoms with Gasteiger partial charge >= 0.3 is 0 Å². The number of aryl methyl sites for hydroxylation is 1. The highest BCUT2D eigenvalue weighted by atomic mass is 35.5. The van der Waals surface area contributed by atoms with Crippen molar-refractivity contribution in [2.24, 2.45) is 0 Å². The zero-order valence-electron chi connectivity index (χ0n) is 13.6. The van der Waals surface area contributed by atoms with E-state index in [4.69, 9.17) is 25.8 Å². The lowest BCUT2D eigenvalue weighted by atomic mass is 10.1. The standard InChI is InChI=1S/C17H20ClN3O3/c1-12-6-19-21(7-12)10-14-9-20(2-3-22-14)8-13-4-15(18)17-16(5-13)23-11-24-17/h4-7,14H,2-3,8-11H2,1H3/t14-/m0/s1.